The van der Waals surface area contributed by atoms with E-state index in [1.54, 1.807) is 0 Å². The molecule has 8 bridgehead atoms. The van der Waals surface area contributed by atoms with Gasteiger partial charge in [0.1, 0.15) is 0 Å². The summed E-state index contributed by atoms with van der Waals surface area (Å²) in [6, 6.07) is 0. The van der Waals surface area contributed by atoms with Gasteiger partial charge in [-0.25, -0.2) is 0 Å². The largest absolute Gasteiger partial charge is 0.0475 e. The maximum Gasteiger partial charge on any atom is 0.0309 e. The van der Waals surface area contributed by atoms with Gasteiger partial charge in [0.2, 0.25) is 0 Å². The van der Waals surface area contributed by atoms with Crippen molar-refractivity contribution in [2.75, 3.05) is 0 Å². The van der Waals surface area contributed by atoms with E-state index in [-0.39, 0.29) is 5.92 Å². The second-order valence-electron chi connectivity index (χ2n) is 9.39. The van der Waals surface area contributed by atoms with Crippen LogP contribution in [0.3, 0.4) is 0 Å². The normalized spacial score (nSPS) is 82.0. The zero-order valence-corrected chi connectivity index (χ0v) is 13.0. The van der Waals surface area contributed by atoms with Gasteiger partial charge in [-0.2, -0.15) is 0 Å². The Balaban J connectivity index is 1.48. The lowest BCUT2D eigenvalue weighted by atomic mass is 9.44. The Morgan fingerprint density at radius 3 is 1.90 bits per heavy atom. The highest BCUT2D eigenvalue weighted by Gasteiger charge is 2.55. The quantitative estimate of drug-likeness (QED) is 0.616. The van der Waals surface area contributed by atoms with Crippen molar-refractivity contribution in [3.05, 3.63) is 0 Å². The van der Waals surface area contributed by atoms with Gasteiger partial charge in [0.05, 0.1) is 0 Å². The molecule has 8 rings (SSSR count). The molecule has 0 aromatic rings. The lowest BCUT2D eigenvalue weighted by Crippen LogP contribution is -2.51. The fraction of sp³-hybridized carbons (Fsp3) is 1.00. The first-order chi connectivity index (χ1) is 12.5. The highest BCUT2D eigenvalue weighted by molar-refractivity contribution is 5.05. The zero-order valence-electron chi connectivity index (χ0n) is 19.0. The minimum Gasteiger partial charge on any atom is -0.0475 e. The van der Waals surface area contributed by atoms with Crippen LogP contribution in [0.25, 0.3) is 0 Å². The molecule has 3 unspecified atom stereocenters. The Bertz CT molecular complexity index is 638. The van der Waals surface area contributed by atoms with E-state index in [9.17, 15) is 5.48 Å². The van der Waals surface area contributed by atoms with Crippen molar-refractivity contribution < 1.29 is 8.22 Å². The second kappa shape index (κ2) is 4.09. The van der Waals surface area contributed by atoms with Gasteiger partial charge in [0.15, 0.2) is 0 Å². The topological polar surface area (TPSA) is 0 Å². The summed E-state index contributed by atoms with van der Waals surface area (Å²) >= 11 is 0. The molecule has 116 valence electrons. The number of hydrogen-bond acceptors (Lipinski definition) is 0. The Labute approximate surface area is 138 Å². The van der Waals surface area contributed by atoms with Crippen LogP contribution >= 0.6 is 0 Å². The first kappa shape index (κ1) is 8.20. The molecule has 0 aromatic carbocycles. The molecule has 21 heavy (non-hydrogen) atoms. The van der Waals surface area contributed by atoms with Crippen LogP contribution in [0.15, 0.2) is 0 Å². The molecule has 0 spiro atoms. The smallest absolute Gasteiger partial charge is 0.0309 e. The predicted octanol–water partition coefficient (Wildman–Crippen LogP) is 5.67. The predicted molar refractivity (Wildman–Crippen MR) is 85.8 cm³/mol. The van der Waals surface area contributed by atoms with Gasteiger partial charge in [0, 0.05) is 8.22 Å². The Hall–Kier alpha value is 0. The van der Waals surface area contributed by atoms with Gasteiger partial charge in [-0.1, -0.05) is 0 Å². The van der Waals surface area contributed by atoms with E-state index in [0.717, 1.165) is 32.1 Å². The summed E-state index contributed by atoms with van der Waals surface area (Å²) in [5, 5.41) is 0. The van der Waals surface area contributed by atoms with Crippen molar-refractivity contribution in [3.8, 4) is 0 Å². The van der Waals surface area contributed by atoms with Crippen LogP contribution in [0.5, 0.6) is 0 Å². The summed E-state index contributed by atoms with van der Waals surface area (Å²) in [4.78, 5) is 0. The van der Waals surface area contributed by atoms with Crippen LogP contribution in [-0.2, 0) is 0 Å². The molecule has 3 atom stereocenters. The number of hydrogen-bond donors (Lipinski definition) is 0. The van der Waals surface area contributed by atoms with Crippen molar-refractivity contribution in [2.24, 2.45) is 52.7 Å². The van der Waals surface area contributed by atoms with Crippen LogP contribution < -0.4 is 0 Å². The van der Waals surface area contributed by atoms with Crippen LogP contribution in [0.4, 0.5) is 0 Å². The Kier molecular flexibility index (Phi) is 1.60. The summed E-state index contributed by atoms with van der Waals surface area (Å²) in [5.74, 6) is -1.70. The third-order valence-corrected chi connectivity index (χ3v) is 7.69. The summed E-state index contributed by atoms with van der Waals surface area (Å²) in [7, 11) is 0. The van der Waals surface area contributed by atoms with Gasteiger partial charge in [0.25, 0.3) is 0 Å². The van der Waals surface area contributed by atoms with E-state index < -0.39 is 35.9 Å². The first-order valence-corrected chi connectivity index (χ1v) is 9.45. The molecule has 8 aliphatic rings. The third kappa shape index (κ3) is 1.80. The molecule has 8 aliphatic carbocycles. The molecule has 0 N–H and O–H groups in total. The molecule has 0 aromatic heterocycles. The third-order valence-electron chi connectivity index (χ3n) is 7.69. The molecule has 0 nitrogen and oxygen atoms in total. The van der Waals surface area contributed by atoms with Gasteiger partial charge in [-0.3, -0.25) is 0 Å². The minimum atomic E-state index is -1.45. The van der Waals surface area contributed by atoms with E-state index in [1.165, 1.54) is 6.42 Å². The summed E-state index contributed by atoms with van der Waals surface area (Å²) < 4.78 is 55.8. The molecule has 0 heteroatoms. The first-order valence-electron chi connectivity index (χ1n) is 12.5. The van der Waals surface area contributed by atoms with Crippen LogP contribution in [-0.4, -0.2) is 0 Å². The molecule has 8 saturated carbocycles. The summed E-state index contributed by atoms with van der Waals surface area (Å²) in [5.41, 5.74) is -0.805. The van der Waals surface area contributed by atoms with Crippen LogP contribution in [0, 0.1) is 52.7 Å². The van der Waals surface area contributed by atoms with Crippen molar-refractivity contribution in [2.45, 2.75) is 77.0 Å². The minimum absolute atomic E-state index is 0.0281. The fourth-order valence-corrected chi connectivity index (χ4v) is 7.49. The average molecular weight is 297 g/mol. The molecule has 0 aliphatic heterocycles. The maximum atomic E-state index is 9.63. The van der Waals surface area contributed by atoms with E-state index in [4.69, 9.17) is 2.74 Å². The van der Waals surface area contributed by atoms with Crippen molar-refractivity contribution in [1.82, 2.24) is 0 Å². The lowest BCUT2D eigenvalue weighted by Gasteiger charge is -2.61. The van der Waals surface area contributed by atoms with Crippen LogP contribution in [0.1, 0.15) is 85.2 Å². The molecule has 0 amide bonds. The maximum absolute atomic E-state index is 9.63. The van der Waals surface area contributed by atoms with Gasteiger partial charge < -0.3 is 0 Å². The molecular weight excluding hydrogens is 252 g/mol. The van der Waals surface area contributed by atoms with Crippen LogP contribution in [0.2, 0.25) is 0 Å². The van der Waals surface area contributed by atoms with Crippen molar-refractivity contribution >= 4 is 0 Å². The summed E-state index contributed by atoms with van der Waals surface area (Å²) in [6.07, 6.45) is 5.93. The summed E-state index contributed by atoms with van der Waals surface area (Å²) in [6.45, 7) is 0. The van der Waals surface area contributed by atoms with E-state index in [2.05, 4.69) is 0 Å². The molecule has 0 saturated heterocycles. The van der Waals surface area contributed by atoms with Crippen molar-refractivity contribution in [1.29, 1.82) is 0 Å². The highest BCUT2D eigenvalue weighted by atomic mass is 14.6. The zero-order chi connectivity index (χ0) is 19.0. The Morgan fingerprint density at radius 1 is 0.762 bits per heavy atom. The Morgan fingerprint density at radius 2 is 1.29 bits per heavy atom. The van der Waals surface area contributed by atoms with E-state index >= 15 is 0 Å². The molecule has 0 radical (unpaired) electrons. The number of rotatable bonds is 2. The average Bonchev–Trinajstić information content (AvgIpc) is 2.55. The second-order valence-corrected chi connectivity index (χ2v) is 9.39. The van der Waals surface area contributed by atoms with Gasteiger partial charge in [-0.05, 0) is 130 Å². The highest BCUT2D eigenvalue weighted by Crippen LogP contribution is 2.65. The molecule has 0 heterocycles. The van der Waals surface area contributed by atoms with E-state index in [1.807, 2.05) is 0 Å². The van der Waals surface area contributed by atoms with E-state index in [0.29, 0.717) is 49.4 Å². The molecular formula is C21H32. The fourth-order valence-electron chi connectivity index (χ4n) is 7.49. The van der Waals surface area contributed by atoms with Gasteiger partial charge >= 0.3 is 0 Å². The van der Waals surface area contributed by atoms with Gasteiger partial charge in [-0.15, -0.1) is 0 Å². The monoisotopic (exact) mass is 296 g/mol. The SMILES string of the molecule is [3H]C(C12CC3CC(CC(C3)C1([3H])[3H])C2)C1([3H])C2([3H])CC3CC(C2)CC1([3H])C3. The molecule has 8 fully saturated rings. The van der Waals surface area contributed by atoms with Crippen molar-refractivity contribution in [3.63, 3.8) is 0 Å². The lowest BCUT2D eigenvalue weighted by molar-refractivity contribution is -0.106. The standard InChI is InChI=1S/C21H32/c1-13-5-18-7-14(1)8-19(6-13)20(18)12-21-9-15-2-16(10-21)4-17(3-15)11-21/h13-20H,1-12H2/i9T2,12T,18T,19T,20T.